The summed E-state index contributed by atoms with van der Waals surface area (Å²) in [6, 6.07) is 16.8. The van der Waals surface area contributed by atoms with Gasteiger partial charge >= 0.3 is 11.8 Å². The van der Waals surface area contributed by atoms with Crippen LogP contribution in [0.1, 0.15) is 21.3 Å². The smallest absolute Gasteiger partial charge is 0.309 e. The molecule has 31 heavy (non-hydrogen) atoms. The second-order valence-electron chi connectivity index (χ2n) is 6.88. The lowest BCUT2D eigenvalue weighted by molar-refractivity contribution is -0.139. The first-order chi connectivity index (χ1) is 14.8. The highest BCUT2D eigenvalue weighted by Gasteiger charge is 2.31. The van der Waals surface area contributed by atoms with Gasteiger partial charge in [0.05, 0.1) is 4.90 Å². The van der Waals surface area contributed by atoms with Crippen LogP contribution in [0.15, 0.2) is 70.9 Å². The van der Waals surface area contributed by atoms with Crippen molar-refractivity contribution in [1.29, 1.82) is 0 Å². The number of rotatable bonds is 7. The quantitative estimate of drug-likeness (QED) is 0.509. The Morgan fingerprint density at radius 2 is 1.61 bits per heavy atom. The van der Waals surface area contributed by atoms with Crippen molar-refractivity contribution in [2.75, 3.05) is 6.54 Å². The van der Waals surface area contributed by atoms with Gasteiger partial charge in [-0.25, -0.2) is 8.42 Å². The van der Waals surface area contributed by atoms with Crippen LogP contribution in [-0.2, 0) is 26.0 Å². The Kier molecular flexibility index (Phi) is 7.48. The molecule has 6 nitrogen and oxygen atoms in total. The van der Waals surface area contributed by atoms with Crippen LogP contribution in [0.5, 0.6) is 0 Å². The predicted octanol–water partition coefficient (Wildman–Crippen LogP) is 3.66. The highest BCUT2D eigenvalue weighted by atomic mass is 35.5. The Labute approximate surface area is 190 Å². The lowest BCUT2D eigenvalue weighted by atomic mass is 10.2. The first-order valence-corrected chi connectivity index (χ1v) is 12.2. The van der Waals surface area contributed by atoms with E-state index < -0.39 is 26.9 Å². The maximum Gasteiger partial charge on any atom is 0.309 e. The summed E-state index contributed by atoms with van der Waals surface area (Å²) in [5, 5.41) is 6.32. The van der Waals surface area contributed by atoms with E-state index in [-0.39, 0.29) is 18.0 Å². The molecule has 2 N–H and O–H groups in total. The molecule has 0 radical (unpaired) electrons. The first-order valence-electron chi connectivity index (χ1n) is 9.42. The molecule has 2 amide bonds. The summed E-state index contributed by atoms with van der Waals surface area (Å²) >= 11 is 7.11. The maximum atomic E-state index is 13.2. The van der Waals surface area contributed by atoms with Gasteiger partial charge in [-0.2, -0.15) is 0 Å². The van der Waals surface area contributed by atoms with Gasteiger partial charge in [0, 0.05) is 23.0 Å². The number of aryl methyl sites for hydroxylation is 1. The summed E-state index contributed by atoms with van der Waals surface area (Å²) in [6.07, 6.45) is 0. The average molecular weight is 477 g/mol. The van der Waals surface area contributed by atoms with Crippen LogP contribution in [0.4, 0.5) is 0 Å². The summed E-state index contributed by atoms with van der Waals surface area (Å²) in [5.74, 6) is -1.73. The van der Waals surface area contributed by atoms with Gasteiger partial charge < -0.3 is 10.6 Å². The lowest BCUT2D eigenvalue weighted by Crippen LogP contribution is -2.42. The third kappa shape index (κ3) is 5.94. The Morgan fingerprint density at radius 1 is 0.968 bits per heavy atom. The van der Waals surface area contributed by atoms with Gasteiger partial charge in [0.1, 0.15) is 5.25 Å². The van der Waals surface area contributed by atoms with Crippen LogP contribution in [0, 0.1) is 6.92 Å². The predicted molar refractivity (Wildman–Crippen MR) is 122 cm³/mol. The van der Waals surface area contributed by atoms with E-state index >= 15 is 0 Å². The largest absolute Gasteiger partial charge is 0.346 e. The summed E-state index contributed by atoms with van der Waals surface area (Å²) in [6.45, 7) is 1.80. The molecule has 0 aliphatic carbocycles. The summed E-state index contributed by atoms with van der Waals surface area (Å²) in [7, 11) is -3.77. The highest BCUT2D eigenvalue weighted by molar-refractivity contribution is 7.91. The number of hydrogen-bond donors (Lipinski definition) is 2. The van der Waals surface area contributed by atoms with Crippen LogP contribution in [0.25, 0.3) is 0 Å². The summed E-state index contributed by atoms with van der Waals surface area (Å²) in [4.78, 5) is 25.2. The number of thiophene rings is 1. The monoisotopic (exact) mass is 476 g/mol. The summed E-state index contributed by atoms with van der Waals surface area (Å²) in [5.41, 5.74) is 1.72. The van der Waals surface area contributed by atoms with Crippen LogP contribution >= 0.6 is 22.9 Å². The van der Waals surface area contributed by atoms with E-state index in [9.17, 15) is 18.0 Å². The molecule has 0 spiro atoms. The summed E-state index contributed by atoms with van der Waals surface area (Å²) < 4.78 is 26.4. The zero-order chi connectivity index (χ0) is 22.4. The zero-order valence-corrected chi connectivity index (χ0v) is 19.1. The van der Waals surface area contributed by atoms with E-state index in [2.05, 4.69) is 10.6 Å². The number of nitrogens with one attached hydrogen (secondary N) is 2. The zero-order valence-electron chi connectivity index (χ0n) is 16.7. The SMILES string of the molecule is Cc1ccc(S(=O)(=O)[C@H](CNC(=O)C(=O)NCc2ccc(Cl)cc2)c2cccs2)cc1. The minimum Gasteiger partial charge on any atom is -0.346 e. The second-order valence-corrected chi connectivity index (χ2v) is 10.4. The molecule has 9 heteroatoms. The number of carbonyl (C=O) groups excluding carboxylic acids is 2. The second kappa shape index (κ2) is 10.1. The van der Waals surface area contributed by atoms with Crippen molar-refractivity contribution >= 4 is 44.6 Å². The van der Waals surface area contributed by atoms with Gasteiger partial charge in [0.15, 0.2) is 9.84 Å². The van der Waals surface area contributed by atoms with Crippen molar-refractivity contribution in [3.8, 4) is 0 Å². The fourth-order valence-corrected chi connectivity index (χ4v) is 5.77. The van der Waals surface area contributed by atoms with Crippen LogP contribution in [-0.4, -0.2) is 26.8 Å². The molecule has 3 rings (SSSR count). The molecule has 1 aromatic heterocycles. The third-order valence-corrected chi connectivity index (χ3v) is 8.09. The van der Waals surface area contributed by atoms with Gasteiger partial charge in [-0.05, 0) is 48.2 Å². The third-order valence-electron chi connectivity index (χ3n) is 4.61. The van der Waals surface area contributed by atoms with Crippen LogP contribution in [0.3, 0.4) is 0 Å². The normalized spacial score (nSPS) is 12.2. The number of carbonyl (C=O) groups is 2. The molecule has 0 saturated heterocycles. The number of hydrogen-bond acceptors (Lipinski definition) is 5. The van der Waals surface area contributed by atoms with E-state index in [1.807, 2.05) is 6.92 Å². The van der Waals surface area contributed by atoms with Gasteiger partial charge in [0.25, 0.3) is 0 Å². The Bertz CT molecular complexity index is 1140. The van der Waals surface area contributed by atoms with Crippen molar-refractivity contribution < 1.29 is 18.0 Å². The standard InChI is InChI=1S/C22H21ClN2O4S2/c1-15-4-10-18(11-5-15)31(28,29)20(19-3-2-12-30-19)14-25-22(27)21(26)24-13-16-6-8-17(23)9-7-16/h2-12,20H,13-14H2,1H3,(H,24,26)(H,25,27)/t20-/m1/s1. The Balaban J connectivity index is 1.68. The van der Waals surface area contributed by atoms with Gasteiger partial charge in [-0.15, -0.1) is 11.3 Å². The first kappa shape index (κ1) is 23.0. The molecule has 2 aromatic carbocycles. The molecule has 0 aliphatic heterocycles. The molecule has 1 heterocycles. The molecule has 0 aliphatic rings. The number of sulfone groups is 1. The van der Waals surface area contributed by atoms with Gasteiger partial charge in [-0.3, -0.25) is 9.59 Å². The van der Waals surface area contributed by atoms with Crippen LogP contribution < -0.4 is 10.6 Å². The van der Waals surface area contributed by atoms with E-state index in [1.165, 1.54) is 11.3 Å². The molecule has 0 fully saturated rings. The van der Waals surface area contributed by atoms with Crippen molar-refractivity contribution in [2.24, 2.45) is 0 Å². The molecule has 0 bridgehead atoms. The van der Waals surface area contributed by atoms with Gasteiger partial charge in [0.2, 0.25) is 0 Å². The minimum atomic E-state index is -3.77. The average Bonchev–Trinajstić information content (AvgIpc) is 3.27. The van der Waals surface area contributed by atoms with E-state index in [1.54, 1.807) is 66.0 Å². The number of benzene rings is 2. The molecule has 0 unspecified atom stereocenters. The number of halogens is 1. The van der Waals surface area contributed by atoms with E-state index in [4.69, 9.17) is 11.6 Å². The maximum absolute atomic E-state index is 13.2. The fourth-order valence-electron chi connectivity index (χ4n) is 2.86. The van der Waals surface area contributed by atoms with Crippen molar-refractivity contribution in [3.05, 3.63) is 87.1 Å². The van der Waals surface area contributed by atoms with E-state index in [0.29, 0.717) is 9.90 Å². The fraction of sp³-hybridized carbons (Fsp3) is 0.182. The van der Waals surface area contributed by atoms with Crippen LogP contribution in [0.2, 0.25) is 5.02 Å². The van der Waals surface area contributed by atoms with E-state index in [0.717, 1.165) is 11.1 Å². The van der Waals surface area contributed by atoms with Crippen molar-refractivity contribution in [3.63, 3.8) is 0 Å². The lowest BCUT2D eigenvalue weighted by Gasteiger charge is -2.17. The molecule has 162 valence electrons. The molecular weight excluding hydrogens is 456 g/mol. The highest BCUT2D eigenvalue weighted by Crippen LogP contribution is 2.31. The van der Waals surface area contributed by atoms with Crippen molar-refractivity contribution in [1.82, 2.24) is 10.6 Å². The van der Waals surface area contributed by atoms with Crippen molar-refractivity contribution in [2.45, 2.75) is 23.6 Å². The molecule has 3 aromatic rings. The molecule has 1 atom stereocenters. The number of amides is 2. The Morgan fingerprint density at radius 3 is 2.23 bits per heavy atom. The topological polar surface area (TPSA) is 92.3 Å². The molecular formula is C22H21ClN2O4S2. The Hall–Kier alpha value is -2.68. The van der Waals surface area contributed by atoms with Gasteiger partial charge in [-0.1, -0.05) is 47.5 Å². The minimum absolute atomic E-state index is 0.152. The molecule has 0 saturated carbocycles.